The summed E-state index contributed by atoms with van der Waals surface area (Å²) in [5.74, 6) is -0.0976. The molecule has 2 aromatic heterocycles. The van der Waals surface area contributed by atoms with Gasteiger partial charge in [-0.25, -0.2) is 27.2 Å². The number of aromatic nitrogens is 3. The summed E-state index contributed by atoms with van der Waals surface area (Å²) in [5, 5.41) is 8.94. The summed E-state index contributed by atoms with van der Waals surface area (Å²) in [6, 6.07) is 4.71. The van der Waals surface area contributed by atoms with Crippen LogP contribution in [0.1, 0.15) is 25.0 Å². The van der Waals surface area contributed by atoms with Crippen LogP contribution in [0.5, 0.6) is 0 Å². The number of anilines is 1. The zero-order chi connectivity index (χ0) is 25.0. The van der Waals surface area contributed by atoms with Gasteiger partial charge in [-0.15, -0.1) is 0 Å². The summed E-state index contributed by atoms with van der Waals surface area (Å²) in [5.41, 5.74) is -0.798. The topological polar surface area (TPSA) is 109 Å². The molecule has 1 aromatic carbocycles. The van der Waals surface area contributed by atoms with Crippen molar-refractivity contribution in [2.45, 2.75) is 43.9 Å². The van der Waals surface area contributed by atoms with E-state index >= 15 is 0 Å². The van der Waals surface area contributed by atoms with E-state index in [1.165, 1.54) is 17.0 Å². The average molecular weight is 497 g/mol. The first-order chi connectivity index (χ1) is 15.8. The van der Waals surface area contributed by atoms with Gasteiger partial charge in [-0.1, -0.05) is 17.7 Å². The third-order valence-corrected chi connectivity index (χ3v) is 7.58. The van der Waals surface area contributed by atoms with Crippen LogP contribution in [0.3, 0.4) is 0 Å². The molecule has 0 bridgehead atoms. The summed E-state index contributed by atoms with van der Waals surface area (Å²) in [6.07, 6.45) is -4.47. The fourth-order valence-corrected chi connectivity index (χ4v) is 5.46. The Balaban J connectivity index is 1.93. The highest BCUT2D eigenvalue weighted by Crippen LogP contribution is 2.41. The second-order valence-corrected chi connectivity index (χ2v) is 10.2. The highest BCUT2D eigenvalue weighted by molar-refractivity contribution is 7.90. The van der Waals surface area contributed by atoms with Crippen LogP contribution >= 0.6 is 0 Å². The quantitative estimate of drug-likeness (QED) is 0.589. The summed E-state index contributed by atoms with van der Waals surface area (Å²) < 4.78 is 69.4. The molecule has 1 N–H and O–H groups in total. The van der Waals surface area contributed by atoms with Crippen molar-refractivity contribution in [2.75, 3.05) is 18.0 Å². The minimum absolute atomic E-state index is 0.0473. The molecule has 0 saturated carbocycles. The molecule has 9 nitrogen and oxygen atoms in total. The lowest BCUT2D eigenvalue weighted by Gasteiger charge is -2.43. The SMILES string of the molecule is Cc1ccc(S(=O)(=O)n2cc(C(F)(F)F)c3c(N4CC(C)N(C(=O)O)CC4C)ncnc32)cc1. The van der Waals surface area contributed by atoms with Gasteiger partial charge in [0.15, 0.2) is 5.65 Å². The number of amides is 1. The number of carboxylic acid groups (broad SMARTS) is 1. The number of aryl methyl sites for hydroxylation is 1. The van der Waals surface area contributed by atoms with Crippen LogP contribution in [0.25, 0.3) is 11.0 Å². The number of rotatable bonds is 3. The predicted octanol–water partition coefficient (Wildman–Crippen LogP) is 3.57. The molecule has 13 heteroatoms. The van der Waals surface area contributed by atoms with Crippen LogP contribution < -0.4 is 4.90 Å². The van der Waals surface area contributed by atoms with Gasteiger partial charge in [-0.2, -0.15) is 13.2 Å². The van der Waals surface area contributed by atoms with E-state index in [1.807, 2.05) is 0 Å². The normalized spacial score (nSPS) is 19.6. The smallest absolute Gasteiger partial charge is 0.418 e. The number of carbonyl (C=O) groups is 1. The Hall–Kier alpha value is -3.35. The molecule has 1 fully saturated rings. The van der Waals surface area contributed by atoms with E-state index in [0.717, 1.165) is 11.9 Å². The van der Waals surface area contributed by atoms with E-state index in [0.29, 0.717) is 10.2 Å². The lowest BCUT2D eigenvalue weighted by atomic mass is 10.1. The first kappa shape index (κ1) is 23.8. The van der Waals surface area contributed by atoms with Crippen LogP contribution in [-0.4, -0.2) is 63.6 Å². The number of piperazine rings is 1. The highest BCUT2D eigenvalue weighted by Gasteiger charge is 2.41. The number of nitrogens with zero attached hydrogens (tertiary/aromatic N) is 5. The van der Waals surface area contributed by atoms with Crippen LogP contribution in [0, 0.1) is 6.92 Å². The Morgan fingerprint density at radius 3 is 2.32 bits per heavy atom. The molecule has 3 aromatic rings. The van der Waals surface area contributed by atoms with Gasteiger partial charge in [-0.05, 0) is 32.9 Å². The van der Waals surface area contributed by atoms with Crippen LogP contribution in [0.15, 0.2) is 41.7 Å². The minimum atomic E-state index is -4.89. The number of alkyl halides is 3. The van der Waals surface area contributed by atoms with Gasteiger partial charge in [0.2, 0.25) is 0 Å². The Bertz CT molecular complexity index is 1360. The summed E-state index contributed by atoms with van der Waals surface area (Å²) in [6.45, 7) is 5.19. The number of halogens is 3. The van der Waals surface area contributed by atoms with Crippen molar-refractivity contribution in [1.82, 2.24) is 18.8 Å². The van der Waals surface area contributed by atoms with Gasteiger partial charge in [0.1, 0.15) is 12.1 Å². The molecule has 2 unspecified atom stereocenters. The molecule has 3 heterocycles. The van der Waals surface area contributed by atoms with Crippen LogP contribution in [-0.2, 0) is 16.2 Å². The Labute approximate surface area is 193 Å². The number of fused-ring (bicyclic) bond motifs is 1. The second kappa shape index (κ2) is 8.15. The van der Waals surface area contributed by atoms with Crippen molar-refractivity contribution in [1.29, 1.82) is 0 Å². The molecule has 0 spiro atoms. The largest absolute Gasteiger partial charge is 0.465 e. The van der Waals surface area contributed by atoms with Gasteiger partial charge < -0.3 is 14.9 Å². The van der Waals surface area contributed by atoms with E-state index in [-0.39, 0.29) is 23.8 Å². The molecule has 4 rings (SSSR count). The molecule has 1 amide bonds. The van der Waals surface area contributed by atoms with Crippen molar-refractivity contribution in [3.8, 4) is 0 Å². The van der Waals surface area contributed by atoms with E-state index in [2.05, 4.69) is 9.97 Å². The Morgan fingerprint density at radius 2 is 1.74 bits per heavy atom. The number of benzene rings is 1. The lowest BCUT2D eigenvalue weighted by molar-refractivity contribution is -0.136. The zero-order valence-corrected chi connectivity index (χ0v) is 19.3. The lowest BCUT2D eigenvalue weighted by Crippen LogP contribution is -2.58. The maximum absolute atomic E-state index is 14.1. The molecular formula is C21H22F3N5O4S. The maximum Gasteiger partial charge on any atom is 0.418 e. The summed E-state index contributed by atoms with van der Waals surface area (Å²) in [4.78, 5) is 22.1. The van der Waals surface area contributed by atoms with Crippen LogP contribution in [0.4, 0.5) is 23.8 Å². The third-order valence-electron chi connectivity index (χ3n) is 5.92. The Kier molecular flexibility index (Phi) is 5.70. The predicted molar refractivity (Wildman–Crippen MR) is 117 cm³/mol. The van der Waals surface area contributed by atoms with Crippen molar-refractivity contribution < 1.29 is 31.5 Å². The van der Waals surface area contributed by atoms with Crippen LogP contribution in [0.2, 0.25) is 0 Å². The second-order valence-electron chi connectivity index (χ2n) is 8.34. The van der Waals surface area contributed by atoms with Gasteiger partial charge >= 0.3 is 12.3 Å². The molecule has 1 aliphatic rings. The van der Waals surface area contributed by atoms with Crippen molar-refractivity contribution in [2.24, 2.45) is 0 Å². The van der Waals surface area contributed by atoms with Gasteiger partial charge in [-0.3, -0.25) is 0 Å². The summed E-state index contributed by atoms with van der Waals surface area (Å²) >= 11 is 0. The fraction of sp³-hybridized carbons (Fsp3) is 0.381. The number of hydrogen-bond acceptors (Lipinski definition) is 6. The average Bonchev–Trinajstić information content (AvgIpc) is 3.16. The molecule has 2 atom stereocenters. The zero-order valence-electron chi connectivity index (χ0n) is 18.5. The van der Waals surface area contributed by atoms with Gasteiger partial charge in [0.05, 0.1) is 15.8 Å². The molecule has 1 saturated heterocycles. The van der Waals surface area contributed by atoms with Crippen molar-refractivity contribution in [3.05, 3.63) is 47.9 Å². The molecular weight excluding hydrogens is 475 g/mol. The highest BCUT2D eigenvalue weighted by atomic mass is 32.2. The van der Waals surface area contributed by atoms with E-state index in [1.54, 1.807) is 37.8 Å². The molecule has 1 aliphatic heterocycles. The first-order valence-corrected chi connectivity index (χ1v) is 11.8. The van der Waals surface area contributed by atoms with Crippen molar-refractivity contribution >= 4 is 33.0 Å². The summed E-state index contributed by atoms with van der Waals surface area (Å²) in [7, 11) is -4.39. The molecule has 34 heavy (non-hydrogen) atoms. The number of hydrogen-bond donors (Lipinski definition) is 1. The Morgan fingerprint density at radius 1 is 1.09 bits per heavy atom. The maximum atomic E-state index is 14.1. The first-order valence-electron chi connectivity index (χ1n) is 10.3. The van der Waals surface area contributed by atoms with Gasteiger partial charge in [0, 0.05) is 31.4 Å². The van der Waals surface area contributed by atoms with Gasteiger partial charge in [0.25, 0.3) is 10.0 Å². The molecule has 0 radical (unpaired) electrons. The minimum Gasteiger partial charge on any atom is -0.465 e. The third kappa shape index (κ3) is 3.93. The molecule has 0 aliphatic carbocycles. The standard InChI is InChI=1S/C21H22F3N5O4S/c1-12-4-6-15(7-5-12)34(32,33)29-10-16(21(22,23)24)17-18(25-11-26-19(17)29)27-8-14(3)28(20(30)31)9-13(27)2/h4-7,10-11,13-14H,8-9H2,1-3H3,(H,30,31). The van der Waals surface area contributed by atoms with E-state index in [9.17, 15) is 31.5 Å². The monoisotopic (exact) mass is 497 g/mol. The van der Waals surface area contributed by atoms with E-state index in [4.69, 9.17) is 0 Å². The molecule has 182 valence electrons. The fourth-order valence-electron chi connectivity index (χ4n) is 4.15. The van der Waals surface area contributed by atoms with E-state index < -0.39 is 51.0 Å². The van der Waals surface area contributed by atoms with Crippen molar-refractivity contribution in [3.63, 3.8) is 0 Å².